The molecule has 188 valence electrons. The summed E-state index contributed by atoms with van der Waals surface area (Å²) in [6.07, 6.45) is 1.73. The topological polar surface area (TPSA) is 265 Å². The fraction of sp³-hybridized carbons (Fsp3) is 0.500. The van der Waals surface area contributed by atoms with E-state index in [2.05, 4.69) is 38.5 Å². The molecular formula is C18H28N8O7S. The Bertz CT molecular complexity index is 895. The fourth-order valence-electron chi connectivity index (χ4n) is 2.70. The van der Waals surface area contributed by atoms with Gasteiger partial charge in [0.25, 0.3) is 0 Å². The molecule has 5 amide bonds. The van der Waals surface area contributed by atoms with Gasteiger partial charge in [-0.2, -0.15) is 12.6 Å². The number of nitrogens with two attached hydrogens (primary N) is 3. The quantitative estimate of drug-likeness (QED) is 0.106. The second-order valence-corrected chi connectivity index (χ2v) is 7.63. The first kappa shape index (κ1) is 28.4. The highest BCUT2D eigenvalue weighted by molar-refractivity contribution is 7.80. The Hall–Kier alpha value is -3.66. The third-order valence-electron chi connectivity index (χ3n) is 4.48. The maximum absolute atomic E-state index is 12.7. The molecule has 0 saturated carbocycles. The van der Waals surface area contributed by atoms with E-state index in [1.54, 1.807) is 0 Å². The van der Waals surface area contributed by atoms with Crippen molar-refractivity contribution in [1.82, 2.24) is 25.9 Å². The largest absolute Gasteiger partial charge is 0.480 e. The van der Waals surface area contributed by atoms with Crippen LogP contribution >= 0.6 is 12.6 Å². The summed E-state index contributed by atoms with van der Waals surface area (Å²) in [5.74, 6) is -5.96. The molecule has 0 aliphatic carbocycles. The zero-order valence-electron chi connectivity index (χ0n) is 18.0. The smallest absolute Gasteiger partial charge is 0.326 e. The van der Waals surface area contributed by atoms with Crippen molar-refractivity contribution in [1.29, 1.82) is 0 Å². The minimum Gasteiger partial charge on any atom is -0.480 e. The highest BCUT2D eigenvalue weighted by atomic mass is 32.1. The lowest BCUT2D eigenvalue weighted by molar-refractivity contribution is -0.144. The lowest BCUT2D eigenvalue weighted by atomic mass is 10.1. The van der Waals surface area contributed by atoms with E-state index in [4.69, 9.17) is 22.3 Å². The second-order valence-electron chi connectivity index (χ2n) is 7.27. The molecular weight excluding hydrogens is 472 g/mol. The first-order valence-electron chi connectivity index (χ1n) is 9.98. The normalized spacial score (nSPS) is 14.2. The number of amides is 5. The van der Waals surface area contributed by atoms with Gasteiger partial charge in [0.2, 0.25) is 29.5 Å². The van der Waals surface area contributed by atoms with Gasteiger partial charge in [0.15, 0.2) is 0 Å². The number of imidazole rings is 1. The van der Waals surface area contributed by atoms with Crippen LogP contribution in [0.5, 0.6) is 0 Å². The minimum atomic E-state index is -1.65. The number of hydrogen-bond donors (Lipinski definition) is 9. The third kappa shape index (κ3) is 9.86. The van der Waals surface area contributed by atoms with Gasteiger partial charge in [0.1, 0.15) is 18.1 Å². The van der Waals surface area contributed by atoms with Gasteiger partial charge in [-0.15, -0.1) is 0 Å². The van der Waals surface area contributed by atoms with Gasteiger partial charge in [-0.1, -0.05) is 0 Å². The van der Waals surface area contributed by atoms with E-state index in [1.165, 1.54) is 12.5 Å². The number of aliphatic carboxylic acids is 1. The van der Waals surface area contributed by atoms with Gasteiger partial charge < -0.3 is 43.2 Å². The first-order valence-corrected chi connectivity index (χ1v) is 10.6. The minimum absolute atomic E-state index is 0.118. The summed E-state index contributed by atoms with van der Waals surface area (Å²) in [6.45, 7) is 0. The number of carbonyl (C=O) groups is 6. The van der Waals surface area contributed by atoms with Crippen LogP contribution in [0, 0.1) is 0 Å². The van der Waals surface area contributed by atoms with Gasteiger partial charge in [-0.05, 0) is 6.42 Å². The number of carboxylic acids is 1. The Morgan fingerprint density at radius 2 is 1.56 bits per heavy atom. The average Bonchev–Trinajstić information content (AvgIpc) is 3.26. The van der Waals surface area contributed by atoms with E-state index < -0.39 is 66.1 Å². The molecule has 0 spiro atoms. The Morgan fingerprint density at radius 3 is 2.06 bits per heavy atom. The molecule has 4 atom stereocenters. The van der Waals surface area contributed by atoms with Crippen LogP contribution in [0.1, 0.15) is 25.0 Å². The van der Waals surface area contributed by atoms with Gasteiger partial charge in [-0.25, -0.2) is 9.78 Å². The molecule has 11 N–H and O–H groups in total. The van der Waals surface area contributed by atoms with E-state index in [1.807, 2.05) is 0 Å². The summed E-state index contributed by atoms with van der Waals surface area (Å²) >= 11 is 4.03. The van der Waals surface area contributed by atoms with Crippen molar-refractivity contribution in [2.24, 2.45) is 17.2 Å². The molecule has 1 aromatic rings. The fourth-order valence-corrected chi connectivity index (χ4v) is 2.96. The van der Waals surface area contributed by atoms with Crippen LogP contribution in [0.3, 0.4) is 0 Å². The second kappa shape index (κ2) is 13.8. The molecule has 0 aromatic carbocycles. The van der Waals surface area contributed by atoms with E-state index in [9.17, 15) is 28.8 Å². The molecule has 1 rings (SSSR count). The number of aromatic nitrogens is 2. The number of H-pyrrole nitrogens is 1. The summed E-state index contributed by atoms with van der Waals surface area (Å²) in [7, 11) is 0. The number of aromatic amines is 1. The van der Waals surface area contributed by atoms with E-state index >= 15 is 0 Å². The maximum Gasteiger partial charge on any atom is 0.326 e. The maximum atomic E-state index is 12.7. The highest BCUT2D eigenvalue weighted by Gasteiger charge is 2.30. The number of carbonyl (C=O) groups excluding carboxylic acids is 5. The molecule has 0 bridgehead atoms. The number of carboxylic acid groups (broad SMARTS) is 1. The molecule has 0 aliphatic heterocycles. The Balaban J connectivity index is 2.86. The van der Waals surface area contributed by atoms with Crippen LogP contribution in [-0.4, -0.2) is 80.5 Å². The monoisotopic (exact) mass is 500 g/mol. The van der Waals surface area contributed by atoms with Crippen LogP contribution < -0.4 is 33.2 Å². The van der Waals surface area contributed by atoms with Crippen molar-refractivity contribution in [3.8, 4) is 0 Å². The van der Waals surface area contributed by atoms with Crippen LogP contribution in [-0.2, 0) is 35.2 Å². The number of nitrogens with one attached hydrogen (secondary N) is 4. The Kier molecular flexibility index (Phi) is 11.5. The van der Waals surface area contributed by atoms with Crippen LogP contribution in [0.15, 0.2) is 12.5 Å². The molecule has 16 heteroatoms. The molecule has 34 heavy (non-hydrogen) atoms. The number of primary amides is 2. The lowest BCUT2D eigenvalue weighted by Crippen LogP contribution is -2.58. The highest BCUT2D eigenvalue weighted by Crippen LogP contribution is 2.03. The van der Waals surface area contributed by atoms with Crippen molar-refractivity contribution in [3.63, 3.8) is 0 Å². The Morgan fingerprint density at radius 1 is 0.971 bits per heavy atom. The summed E-state index contributed by atoms with van der Waals surface area (Å²) < 4.78 is 0. The van der Waals surface area contributed by atoms with Crippen molar-refractivity contribution >= 4 is 48.1 Å². The van der Waals surface area contributed by atoms with E-state index in [-0.39, 0.29) is 25.0 Å². The lowest BCUT2D eigenvalue weighted by Gasteiger charge is -2.24. The first-order chi connectivity index (χ1) is 15.9. The van der Waals surface area contributed by atoms with Crippen LogP contribution in [0.4, 0.5) is 0 Å². The van der Waals surface area contributed by atoms with Crippen molar-refractivity contribution in [2.45, 2.75) is 49.9 Å². The standard InChI is InChI=1S/C18H28N8O7S/c19-9(3-8-5-22-7-23-8)15(29)26-12(6-34)17(31)24-10(1-2-13(20)27)16(30)25-11(18(32)33)4-14(21)28/h5,7,9-12,34H,1-4,6,19H2,(H2,20,27)(H2,21,28)(H,22,23)(H,24,31)(H,25,30)(H,26,29)(H,32,33). The van der Waals surface area contributed by atoms with Crippen LogP contribution in [0.2, 0.25) is 0 Å². The SMILES string of the molecule is NC(=O)CCC(NC(=O)C(CS)NC(=O)C(N)Cc1cnc[nH]1)C(=O)NC(CC(N)=O)C(=O)O. The van der Waals surface area contributed by atoms with Gasteiger partial charge >= 0.3 is 5.97 Å². The van der Waals surface area contributed by atoms with Crippen molar-refractivity contribution < 1.29 is 33.9 Å². The number of thiol groups is 1. The number of nitrogens with zero attached hydrogens (tertiary/aromatic N) is 1. The number of rotatable bonds is 15. The van der Waals surface area contributed by atoms with E-state index in [0.717, 1.165) is 0 Å². The zero-order valence-corrected chi connectivity index (χ0v) is 18.9. The molecule has 0 fully saturated rings. The van der Waals surface area contributed by atoms with E-state index in [0.29, 0.717) is 5.69 Å². The Labute approximate surface area is 199 Å². The van der Waals surface area contributed by atoms with Gasteiger partial charge in [-0.3, -0.25) is 24.0 Å². The predicted octanol–water partition coefficient (Wildman–Crippen LogP) is -4.11. The summed E-state index contributed by atoms with van der Waals surface area (Å²) in [5, 5.41) is 16.0. The molecule has 1 aromatic heterocycles. The zero-order chi connectivity index (χ0) is 25.8. The molecule has 15 nitrogen and oxygen atoms in total. The summed E-state index contributed by atoms with van der Waals surface area (Å²) in [5.41, 5.74) is 16.5. The van der Waals surface area contributed by atoms with Crippen molar-refractivity contribution in [3.05, 3.63) is 18.2 Å². The molecule has 0 saturated heterocycles. The summed E-state index contributed by atoms with van der Waals surface area (Å²) in [6, 6.07) is -5.30. The average molecular weight is 501 g/mol. The van der Waals surface area contributed by atoms with Crippen LogP contribution in [0.25, 0.3) is 0 Å². The van der Waals surface area contributed by atoms with Crippen molar-refractivity contribution in [2.75, 3.05) is 5.75 Å². The number of hydrogen-bond acceptors (Lipinski definition) is 9. The molecule has 1 heterocycles. The van der Waals surface area contributed by atoms with Gasteiger partial charge in [0, 0.05) is 30.5 Å². The van der Waals surface area contributed by atoms with Gasteiger partial charge in [0.05, 0.1) is 18.8 Å². The predicted molar refractivity (Wildman–Crippen MR) is 120 cm³/mol. The molecule has 0 aliphatic rings. The summed E-state index contributed by atoms with van der Waals surface area (Å²) in [4.78, 5) is 77.7. The molecule has 4 unspecified atom stereocenters. The molecule has 0 radical (unpaired) electrons. The third-order valence-corrected chi connectivity index (χ3v) is 4.84.